The molecule has 1 unspecified atom stereocenters. The summed E-state index contributed by atoms with van der Waals surface area (Å²) in [4.78, 5) is 12.5. The predicted molar refractivity (Wildman–Crippen MR) is 145 cm³/mol. The lowest BCUT2D eigenvalue weighted by Gasteiger charge is -2.24. The van der Waals surface area contributed by atoms with Crippen LogP contribution in [0.25, 0.3) is 27.4 Å². The van der Waals surface area contributed by atoms with Gasteiger partial charge in [0.15, 0.2) is 5.82 Å². The fourth-order valence-corrected chi connectivity index (χ4v) is 5.64. The van der Waals surface area contributed by atoms with Gasteiger partial charge >= 0.3 is 5.69 Å². The van der Waals surface area contributed by atoms with Crippen molar-refractivity contribution in [2.24, 2.45) is 20.0 Å². The second-order valence-corrected chi connectivity index (χ2v) is 10.1. The Bertz CT molecular complexity index is 1520. The second kappa shape index (κ2) is 8.99. The lowest BCUT2D eigenvalue weighted by atomic mass is 9.83. The molecule has 2 aromatic carbocycles. The number of rotatable bonds is 5. The van der Waals surface area contributed by atoms with Crippen molar-refractivity contribution in [3.8, 4) is 0 Å². The first-order valence-electron chi connectivity index (χ1n) is 12.7. The molecule has 1 N–H and O–H groups in total. The van der Waals surface area contributed by atoms with Crippen molar-refractivity contribution in [3.63, 3.8) is 0 Å². The number of hydrogen-bond donors (Lipinski definition) is 1. The smallest absolute Gasteiger partial charge is 0.328 e. The van der Waals surface area contributed by atoms with Crippen LogP contribution in [0.4, 0.5) is 5.82 Å². The summed E-state index contributed by atoms with van der Waals surface area (Å²) in [7, 11) is 3.62. The highest BCUT2D eigenvalue weighted by atomic mass is 16.1. The van der Waals surface area contributed by atoms with Gasteiger partial charge in [-0.1, -0.05) is 37.6 Å². The molecule has 0 aliphatic heterocycles. The molecule has 0 radical (unpaired) electrons. The van der Waals surface area contributed by atoms with Crippen LogP contribution in [0.3, 0.4) is 0 Å². The zero-order chi connectivity index (χ0) is 24.9. The van der Waals surface area contributed by atoms with Gasteiger partial charge in [-0.3, -0.25) is 9.13 Å². The summed E-state index contributed by atoms with van der Waals surface area (Å²) < 4.78 is 3.37. The Balaban J connectivity index is 1.53. The van der Waals surface area contributed by atoms with Crippen molar-refractivity contribution in [3.05, 3.63) is 69.3 Å². The normalized spacial score (nSPS) is 17.1. The van der Waals surface area contributed by atoms with Crippen molar-refractivity contribution in [2.75, 3.05) is 5.32 Å². The SMILES string of the molecule is CCC1CC=C(c2cccc([C@@H](C)Nc3nnc(C)c4cc5c(cc34)n(C)c(=O)n5C)c2C)CC1. The van der Waals surface area contributed by atoms with Gasteiger partial charge in [-0.05, 0) is 80.3 Å². The zero-order valence-electron chi connectivity index (χ0n) is 21.6. The van der Waals surface area contributed by atoms with Crippen molar-refractivity contribution < 1.29 is 0 Å². The number of benzene rings is 2. The van der Waals surface area contributed by atoms with E-state index in [0.29, 0.717) is 0 Å². The van der Waals surface area contributed by atoms with Crippen LogP contribution in [0.5, 0.6) is 0 Å². The molecule has 0 saturated heterocycles. The Morgan fingerprint density at radius 3 is 2.46 bits per heavy atom. The number of nitrogens with one attached hydrogen (secondary N) is 1. The summed E-state index contributed by atoms with van der Waals surface area (Å²) in [5.41, 5.74) is 8.04. The highest BCUT2D eigenvalue weighted by Crippen LogP contribution is 2.36. The molecule has 0 bridgehead atoms. The number of nitrogens with zero attached hydrogens (tertiary/aromatic N) is 4. The van der Waals surface area contributed by atoms with Gasteiger partial charge in [-0.15, -0.1) is 5.10 Å². The Morgan fingerprint density at radius 1 is 1.09 bits per heavy atom. The quantitative estimate of drug-likeness (QED) is 0.378. The lowest BCUT2D eigenvalue weighted by Crippen LogP contribution is -2.19. The molecule has 1 aliphatic carbocycles. The van der Waals surface area contributed by atoms with Crippen LogP contribution < -0.4 is 11.0 Å². The van der Waals surface area contributed by atoms with Crippen molar-refractivity contribution >= 4 is 33.2 Å². The lowest BCUT2D eigenvalue weighted by molar-refractivity contribution is 0.470. The summed E-state index contributed by atoms with van der Waals surface area (Å²) in [5.74, 6) is 1.57. The number of imidazole rings is 1. The third-order valence-corrected chi connectivity index (χ3v) is 7.99. The maximum Gasteiger partial charge on any atom is 0.328 e. The van der Waals surface area contributed by atoms with Gasteiger partial charge in [-0.25, -0.2) is 4.79 Å². The van der Waals surface area contributed by atoms with E-state index in [9.17, 15) is 4.79 Å². The van der Waals surface area contributed by atoms with Gasteiger partial charge in [0.05, 0.1) is 22.8 Å². The standard InChI is InChI=1S/C29H35N5O/c1-7-20-11-13-21(14-12-20)23-10-8-9-22(17(23)2)18(3)30-28-25-16-27-26(33(5)29(35)34(27)6)15-24(25)19(4)31-32-28/h8-10,13,15-16,18,20H,7,11-12,14H2,1-6H3,(H,30,32)/t18-,20?/m1/s1. The molecule has 2 aromatic heterocycles. The molecular weight excluding hydrogens is 434 g/mol. The third kappa shape index (κ3) is 3.95. The van der Waals surface area contributed by atoms with E-state index in [1.165, 1.54) is 41.5 Å². The van der Waals surface area contributed by atoms with Gasteiger partial charge < -0.3 is 5.32 Å². The molecule has 0 spiro atoms. The Labute approximate surface area is 206 Å². The molecule has 0 fully saturated rings. The number of anilines is 1. The average molecular weight is 470 g/mol. The Hall–Kier alpha value is -3.41. The van der Waals surface area contributed by atoms with Gasteiger partial charge in [0.1, 0.15) is 0 Å². The van der Waals surface area contributed by atoms with E-state index in [1.807, 2.05) is 21.0 Å². The number of aromatic nitrogens is 4. The van der Waals surface area contributed by atoms with Crippen LogP contribution in [0.1, 0.15) is 68.0 Å². The minimum absolute atomic E-state index is 0.0357. The van der Waals surface area contributed by atoms with Gasteiger partial charge in [0, 0.05) is 24.9 Å². The number of hydrogen-bond acceptors (Lipinski definition) is 4. The van der Waals surface area contributed by atoms with Crippen LogP contribution in [0.2, 0.25) is 0 Å². The summed E-state index contributed by atoms with van der Waals surface area (Å²) in [6, 6.07) is 10.8. The molecule has 0 saturated carbocycles. The molecule has 35 heavy (non-hydrogen) atoms. The first-order valence-corrected chi connectivity index (χ1v) is 12.7. The summed E-state index contributed by atoms with van der Waals surface area (Å²) >= 11 is 0. The fourth-order valence-electron chi connectivity index (χ4n) is 5.64. The first kappa shape index (κ1) is 23.3. The van der Waals surface area contributed by atoms with Crippen molar-refractivity contribution in [1.82, 2.24) is 19.3 Å². The Kier molecular flexibility index (Phi) is 5.99. The molecule has 6 heteroatoms. The molecule has 5 rings (SSSR count). The van der Waals surface area contributed by atoms with Crippen LogP contribution in [0, 0.1) is 19.8 Å². The monoisotopic (exact) mass is 469 g/mol. The molecule has 182 valence electrons. The van der Waals surface area contributed by atoms with E-state index < -0.39 is 0 Å². The fraction of sp³-hybridized carbons (Fsp3) is 0.414. The highest BCUT2D eigenvalue weighted by molar-refractivity contribution is 6.01. The van der Waals surface area contributed by atoms with Crippen LogP contribution in [-0.2, 0) is 14.1 Å². The number of aryl methyl sites for hydroxylation is 3. The maximum absolute atomic E-state index is 12.5. The predicted octanol–water partition coefficient (Wildman–Crippen LogP) is 6.20. The molecule has 2 heterocycles. The van der Waals surface area contributed by atoms with E-state index in [0.717, 1.165) is 45.7 Å². The van der Waals surface area contributed by atoms with E-state index in [1.54, 1.807) is 9.13 Å². The molecular formula is C29H35N5O. The van der Waals surface area contributed by atoms with Crippen LogP contribution in [-0.4, -0.2) is 19.3 Å². The topological polar surface area (TPSA) is 64.7 Å². The molecule has 0 amide bonds. The molecule has 6 nitrogen and oxygen atoms in total. The third-order valence-electron chi connectivity index (χ3n) is 7.99. The Morgan fingerprint density at radius 2 is 1.80 bits per heavy atom. The first-order chi connectivity index (χ1) is 16.8. The van der Waals surface area contributed by atoms with E-state index in [4.69, 9.17) is 0 Å². The second-order valence-electron chi connectivity index (χ2n) is 10.1. The largest absolute Gasteiger partial charge is 0.362 e. The minimum Gasteiger partial charge on any atom is -0.362 e. The highest BCUT2D eigenvalue weighted by Gasteiger charge is 2.19. The van der Waals surface area contributed by atoms with E-state index >= 15 is 0 Å². The van der Waals surface area contributed by atoms with Gasteiger partial charge in [0.25, 0.3) is 0 Å². The average Bonchev–Trinajstić information content (AvgIpc) is 3.08. The van der Waals surface area contributed by atoms with Crippen LogP contribution >= 0.6 is 0 Å². The zero-order valence-corrected chi connectivity index (χ0v) is 21.6. The summed E-state index contributed by atoms with van der Waals surface area (Å²) in [6.45, 7) is 8.67. The minimum atomic E-state index is -0.0357. The number of allylic oxidation sites excluding steroid dienone is 2. The summed E-state index contributed by atoms with van der Waals surface area (Å²) in [5, 5.41) is 14.6. The maximum atomic E-state index is 12.5. The molecule has 2 atom stereocenters. The van der Waals surface area contributed by atoms with Crippen molar-refractivity contribution in [1.29, 1.82) is 0 Å². The molecule has 4 aromatic rings. The van der Waals surface area contributed by atoms with E-state index in [-0.39, 0.29) is 11.7 Å². The van der Waals surface area contributed by atoms with E-state index in [2.05, 4.69) is 72.7 Å². The van der Waals surface area contributed by atoms with Gasteiger partial charge in [0.2, 0.25) is 0 Å². The van der Waals surface area contributed by atoms with Gasteiger partial charge in [-0.2, -0.15) is 5.10 Å². The molecule has 1 aliphatic rings. The van der Waals surface area contributed by atoms with Crippen LogP contribution in [0.15, 0.2) is 41.2 Å². The number of fused-ring (bicyclic) bond motifs is 2. The summed E-state index contributed by atoms with van der Waals surface area (Å²) in [6.07, 6.45) is 7.34. The van der Waals surface area contributed by atoms with Crippen molar-refractivity contribution in [2.45, 2.75) is 59.4 Å².